The average Bonchev–Trinajstić information content (AvgIpc) is 2.38. The predicted octanol–water partition coefficient (Wildman–Crippen LogP) is 1.74. The lowest BCUT2D eigenvalue weighted by atomic mass is 10.2. The molecule has 1 unspecified atom stereocenters. The molecule has 1 aromatic carbocycles. The van der Waals surface area contributed by atoms with Crippen molar-refractivity contribution < 1.29 is 17.9 Å². The van der Waals surface area contributed by atoms with Crippen LogP contribution >= 0.6 is 11.8 Å². The Labute approximate surface area is 117 Å². The Morgan fingerprint density at radius 3 is 2.74 bits per heavy atom. The molecule has 0 saturated heterocycles. The van der Waals surface area contributed by atoms with Gasteiger partial charge in [-0.3, -0.25) is 0 Å². The molecule has 2 N–H and O–H groups in total. The van der Waals surface area contributed by atoms with Crippen LogP contribution in [0.3, 0.4) is 0 Å². The molecule has 108 valence electrons. The summed E-state index contributed by atoms with van der Waals surface area (Å²) in [4.78, 5) is -0.421. The van der Waals surface area contributed by atoms with E-state index in [4.69, 9.17) is 5.11 Å². The molecule has 4 nitrogen and oxygen atoms in total. The van der Waals surface area contributed by atoms with Gasteiger partial charge in [-0.05, 0) is 30.4 Å². The Hall–Kier alpha value is -0.630. The molecule has 0 fully saturated rings. The van der Waals surface area contributed by atoms with Gasteiger partial charge >= 0.3 is 0 Å². The molecule has 0 radical (unpaired) electrons. The van der Waals surface area contributed by atoms with Crippen molar-refractivity contribution in [1.82, 2.24) is 4.72 Å². The number of benzene rings is 1. The molecule has 1 rings (SSSR count). The zero-order chi connectivity index (χ0) is 14.5. The molecule has 0 amide bonds. The second-order valence-corrected chi connectivity index (χ2v) is 7.17. The van der Waals surface area contributed by atoms with E-state index in [1.807, 2.05) is 13.2 Å². The van der Waals surface area contributed by atoms with Crippen molar-refractivity contribution in [2.75, 3.05) is 12.8 Å². The van der Waals surface area contributed by atoms with Crippen LogP contribution in [0, 0.1) is 5.82 Å². The van der Waals surface area contributed by atoms with Gasteiger partial charge in [-0.15, -0.1) is 0 Å². The van der Waals surface area contributed by atoms with Crippen LogP contribution in [0.1, 0.15) is 18.9 Å². The van der Waals surface area contributed by atoms with Gasteiger partial charge in [-0.25, -0.2) is 17.5 Å². The third-order valence-electron chi connectivity index (χ3n) is 2.71. The fourth-order valence-electron chi connectivity index (χ4n) is 1.44. The van der Waals surface area contributed by atoms with Crippen LogP contribution in [0.4, 0.5) is 4.39 Å². The molecule has 7 heteroatoms. The molecule has 1 aromatic rings. The summed E-state index contributed by atoms with van der Waals surface area (Å²) in [6, 6.07) is 3.55. The average molecular weight is 307 g/mol. The summed E-state index contributed by atoms with van der Waals surface area (Å²) in [5, 5.41) is 9.29. The molecular weight excluding hydrogens is 289 g/mol. The van der Waals surface area contributed by atoms with E-state index < -0.39 is 20.7 Å². The van der Waals surface area contributed by atoms with E-state index in [1.54, 1.807) is 11.8 Å². The van der Waals surface area contributed by atoms with Crippen molar-refractivity contribution >= 4 is 21.8 Å². The van der Waals surface area contributed by atoms with Gasteiger partial charge in [0.25, 0.3) is 0 Å². The maximum Gasteiger partial charge on any atom is 0.243 e. The first-order valence-electron chi connectivity index (χ1n) is 5.82. The molecule has 19 heavy (non-hydrogen) atoms. The van der Waals surface area contributed by atoms with Crippen LogP contribution in [-0.2, 0) is 16.6 Å². The maximum atomic E-state index is 13.5. The van der Waals surface area contributed by atoms with E-state index in [0.717, 1.165) is 12.1 Å². The smallest absolute Gasteiger partial charge is 0.243 e. The molecule has 0 spiro atoms. The second kappa shape index (κ2) is 7.23. The number of hydrogen-bond donors (Lipinski definition) is 2. The van der Waals surface area contributed by atoms with Crippen LogP contribution in [0.5, 0.6) is 0 Å². The lowest BCUT2D eigenvalue weighted by Crippen LogP contribution is -2.27. The van der Waals surface area contributed by atoms with Gasteiger partial charge < -0.3 is 5.11 Å². The van der Waals surface area contributed by atoms with Gasteiger partial charge in [0.2, 0.25) is 10.0 Å². The Morgan fingerprint density at radius 2 is 2.16 bits per heavy atom. The summed E-state index contributed by atoms with van der Waals surface area (Å²) in [6.45, 7) is 1.92. The highest BCUT2D eigenvalue weighted by Crippen LogP contribution is 2.17. The minimum Gasteiger partial charge on any atom is -0.392 e. The van der Waals surface area contributed by atoms with Crippen molar-refractivity contribution in [1.29, 1.82) is 0 Å². The summed E-state index contributed by atoms with van der Waals surface area (Å²) >= 11 is 1.64. The van der Waals surface area contributed by atoms with Gasteiger partial charge in [0.1, 0.15) is 10.7 Å². The van der Waals surface area contributed by atoms with Crippen molar-refractivity contribution in [2.45, 2.75) is 30.1 Å². The third kappa shape index (κ3) is 4.76. The summed E-state index contributed by atoms with van der Waals surface area (Å²) in [5.74, 6) is -0.817. The highest BCUT2D eigenvalue weighted by molar-refractivity contribution is 7.99. The number of hydrogen-bond acceptors (Lipinski definition) is 4. The molecule has 0 aliphatic rings. The Morgan fingerprint density at radius 1 is 1.47 bits per heavy atom. The van der Waals surface area contributed by atoms with Crippen LogP contribution < -0.4 is 4.72 Å². The standard InChI is InChI=1S/C12H18FNO3S2/c1-9(18-2)5-6-14-19(16,17)12-7-10(8-15)3-4-11(12)13/h3-4,7,9,14-15H,5-6,8H2,1-2H3. The first-order chi connectivity index (χ1) is 8.90. The van der Waals surface area contributed by atoms with Gasteiger partial charge in [0.15, 0.2) is 0 Å². The van der Waals surface area contributed by atoms with Crippen LogP contribution in [0.25, 0.3) is 0 Å². The zero-order valence-corrected chi connectivity index (χ0v) is 12.5. The normalized spacial score (nSPS) is 13.5. The minimum absolute atomic E-state index is 0.257. The summed E-state index contributed by atoms with van der Waals surface area (Å²) in [7, 11) is -3.87. The van der Waals surface area contributed by atoms with E-state index in [2.05, 4.69) is 4.72 Å². The van der Waals surface area contributed by atoms with Gasteiger partial charge in [-0.1, -0.05) is 13.0 Å². The lowest BCUT2D eigenvalue weighted by molar-refractivity contribution is 0.281. The van der Waals surface area contributed by atoms with Crippen LogP contribution in [0.2, 0.25) is 0 Å². The lowest BCUT2D eigenvalue weighted by Gasteiger charge is -2.11. The summed E-state index contributed by atoms with van der Waals surface area (Å²) in [5.41, 5.74) is 0.360. The van der Waals surface area contributed by atoms with Crippen LogP contribution in [-0.4, -0.2) is 31.6 Å². The van der Waals surface area contributed by atoms with E-state index >= 15 is 0 Å². The Kier molecular flexibility index (Phi) is 6.25. The molecule has 0 heterocycles. The van der Waals surface area contributed by atoms with E-state index in [0.29, 0.717) is 17.2 Å². The number of aliphatic hydroxyl groups is 1. The minimum atomic E-state index is -3.87. The number of rotatable bonds is 7. The summed E-state index contributed by atoms with van der Waals surface area (Å²) < 4.78 is 39.8. The monoisotopic (exact) mass is 307 g/mol. The fraction of sp³-hybridized carbons (Fsp3) is 0.500. The van der Waals surface area contributed by atoms with Crippen molar-refractivity contribution in [3.63, 3.8) is 0 Å². The van der Waals surface area contributed by atoms with E-state index in [9.17, 15) is 12.8 Å². The van der Waals surface area contributed by atoms with Gasteiger partial charge in [0, 0.05) is 11.8 Å². The molecule has 0 saturated carbocycles. The molecule has 0 bridgehead atoms. The van der Waals surface area contributed by atoms with Crippen LogP contribution in [0.15, 0.2) is 23.1 Å². The fourth-order valence-corrected chi connectivity index (χ4v) is 2.97. The predicted molar refractivity (Wildman–Crippen MR) is 75.1 cm³/mol. The first kappa shape index (κ1) is 16.4. The molecular formula is C12H18FNO3S2. The first-order valence-corrected chi connectivity index (χ1v) is 8.59. The topological polar surface area (TPSA) is 66.4 Å². The zero-order valence-electron chi connectivity index (χ0n) is 10.9. The number of aliphatic hydroxyl groups excluding tert-OH is 1. The summed E-state index contributed by atoms with van der Waals surface area (Å²) in [6.07, 6.45) is 2.62. The molecule has 1 atom stereocenters. The van der Waals surface area contributed by atoms with Crippen molar-refractivity contribution in [3.05, 3.63) is 29.6 Å². The van der Waals surface area contributed by atoms with E-state index in [-0.39, 0.29) is 13.2 Å². The maximum absolute atomic E-state index is 13.5. The molecule has 0 aromatic heterocycles. The number of halogens is 1. The van der Waals surface area contributed by atoms with Gasteiger partial charge in [-0.2, -0.15) is 11.8 Å². The molecule has 0 aliphatic carbocycles. The number of nitrogens with one attached hydrogen (secondary N) is 1. The SMILES string of the molecule is CSC(C)CCNS(=O)(=O)c1cc(CO)ccc1F. The number of sulfonamides is 1. The largest absolute Gasteiger partial charge is 0.392 e. The van der Waals surface area contributed by atoms with E-state index in [1.165, 1.54) is 6.07 Å². The van der Waals surface area contributed by atoms with Crippen molar-refractivity contribution in [2.24, 2.45) is 0 Å². The second-order valence-electron chi connectivity index (χ2n) is 4.16. The highest BCUT2D eigenvalue weighted by Gasteiger charge is 2.19. The highest BCUT2D eigenvalue weighted by atomic mass is 32.2. The Bertz CT molecular complexity index is 520. The quantitative estimate of drug-likeness (QED) is 0.805. The third-order valence-corrected chi connectivity index (χ3v) is 5.23. The van der Waals surface area contributed by atoms with Gasteiger partial charge in [0.05, 0.1) is 6.61 Å². The van der Waals surface area contributed by atoms with Crippen molar-refractivity contribution in [3.8, 4) is 0 Å². The molecule has 0 aliphatic heterocycles. The number of thioether (sulfide) groups is 1. The Balaban J connectivity index is 2.82.